The van der Waals surface area contributed by atoms with E-state index in [9.17, 15) is 26.3 Å². The largest absolute Gasteiger partial charge is 0.416 e. The number of aromatic nitrogens is 2. The number of aliphatic imine (C=N–C) groups is 1. The number of hydrogen-bond acceptors (Lipinski definition) is 2. The number of nitrogens with zero attached hydrogens (tertiary/aromatic N) is 3. The molecule has 1 aromatic heterocycles. The number of guanidine groups is 1. The third kappa shape index (κ3) is 6.29. The van der Waals surface area contributed by atoms with E-state index in [4.69, 9.17) is 0 Å². The number of nitrogens with one attached hydrogen (secondary N) is 2. The molecule has 0 spiro atoms. The van der Waals surface area contributed by atoms with Crippen molar-refractivity contribution in [1.82, 2.24) is 20.2 Å². The minimum Gasteiger partial charge on any atom is -0.352 e. The van der Waals surface area contributed by atoms with Crippen molar-refractivity contribution in [3.8, 4) is 0 Å². The van der Waals surface area contributed by atoms with Crippen molar-refractivity contribution in [1.29, 1.82) is 0 Å². The molecule has 0 amide bonds. The average molecular weight is 507 g/mol. The Balaban J connectivity index is 0.00000364. The normalized spacial score (nSPS) is 12.1. The van der Waals surface area contributed by atoms with Crippen LogP contribution >= 0.6 is 24.0 Å². The van der Waals surface area contributed by atoms with Crippen LogP contribution in [0.1, 0.15) is 23.5 Å². The molecule has 2 rings (SSSR count). The fourth-order valence-corrected chi connectivity index (χ4v) is 2.19. The minimum absolute atomic E-state index is 0. The zero-order chi connectivity index (χ0) is 19.3. The number of alkyl halides is 5. The molecule has 5 nitrogen and oxygen atoms in total. The maximum Gasteiger partial charge on any atom is 0.416 e. The van der Waals surface area contributed by atoms with Gasteiger partial charge in [-0.25, -0.2) is 9.37 Å². The van der Waals surface area contributed by atoms with Crippen molar-refractivity contribution in [3.63, 3.8) is 0 Å². The van der Waals surface area contributed by atoms with Gasteiger partial charge in [-0.3, -0.25) is 9.56 Å². The van der Waals surface area contributed by atoms with Crippen LogP contribution in [0, 0.1) is 5.82 Å². The van der Waals surface area contributed by atoms with Gasteiger partial charge in [0.2, 0.25) is 0 Å². The zero-order valence-electron chi connectivity index (χ0n) is 13.9. The van der Waals surface area contributed by atoms with Crippen LogP contribution < -0.4 is 10.6 Å². The molecule has 27 heavy (non-hydrogen) atoms. The third-order valence-electron chi connectivity index (χ3n) is 3.42. The van der Waals surface area contributed by atoms with Gasteiger partial charge in [-0.2, -0.15) is 22.0 Å². The molecule has 0 unspecified atom stereocenters. The van der Waals surface area contributed by atoms with E-state index in [1.807, 2.05) is 0 Å². The summed E-state index contributed by atoms with van der Waals surface area (Å²) in [6.45, 7) is -3.18. The molecular weight excluding hydrogens is 491 g/mol. The van der Waals surface area contributed by atoms with Crippen LogP contribution in [-0.2, 0) is 19.3 Å². The predicted octanol–water partition coefficient (Wildman–Crippen LogP) is 3.92. The molecule has 2 aromatic rings. The lowest BCUT2D eigenvalue weighted by molar-refractivity contribution is -0.138. The molecule has 0 saturated heterocycles. The lowest BCUT2D eigenvalue weighted by Crippen LogP contribution is -2.37. The van der Waals surface area contributed by atoms with Crippen molar-refractivity contribution in [2.75, 3.05) is 7.05 Å². The van der Waals surface area contributed by atoms with E-state index in [1.54, 1.807) is 0 Å². The van der Waals surface area contributed by atoms with Crippen LogP contribution in [0.3, 0.4) is 0 Å². The Morgan fingerprint density at radius 1 is 1.22 bits per heavy atom. The SMILES string of the molecule is CN=C(NCc1ccc(F)cc1C(F)(F)F)NCc1nccn1C(F)F.I. The molecule has 1 aromatic carbocycles. The molecule has 0 saturated carbocycles. The van der Waals surface area contributed by atoms with Gasteiger partial charge < -0.3 is 10.6 Å². The molecular formula is C15H16F6IN5. The van der Waals surface area contributed by atoms with Crippen molar-refractivity contribution < 1.29 is 26.3 Å². The Hall–Kier alpha value is -1.99. The first-order valence-electron chi connectivity index (χ1n) is 7.32. The molecule has 0 atom stereocenters. The topological polar surface area (TPSA) is 54.2 Å². The highest BCUT2D eigenvalue weighted by Gasteiger charge is 2.33. The van der Waals surface area contributed by atoms with Crippen molar-refractivity contribution >= 4 is 29.9 Å². The van der Waals surface area contributed by atoms with Crippen LogP contribution in [0.5, 0.6) is 0 Å². The Bertz CT molecular complexity index is 774. The third-order valence-corrected chi connectivity index (χ3v) is 3.42. The second-order valence-corrected chi connectivity index (χ2v) is 5.11. The van der Waals surface area contributed by atoms with Gasteiger partial charge in [-0.15, -0.1) is 24.0 Å². The highest BCUT2D eigenvalue weighted by molar-refractivity contribution is 14.0. The van der Waals surface area contributed by atoms with E-state index in [0.29, 0.717) is 10.6 Å². The number of imidazole rings is 1. The van der Waals surface area contributed by atoms with E-state index < -0.39 is 24.1 Å². The van der Waals surface area contributed by atoms with Crippen LogP contribution in [0.25, 0.3) is 0 Å². The Morgan fingerprint density at radius 3 is 2.48 bits per heavy atom. The molecule has 0 aliphatic rings. The standard InChI is InChI=1S/C15H15F6N5.HI/c1-22-14(25-8-12-23-4-5-26(12)13(17)18)24-7-9-2-3-10(16)6-11(9)15(19,20)21;/h2-6,13H,7-8H2,1H3,(H2,22,24,25);1H. The van der Waals surface area contributed by atoms with Gasteiger partial charge >= 0.3 is 12.7 Å². The Kier molecular flexibility index (Phi) is 8.37. The first kappa shape index (κ1) is 23.0. The summed E-state index contributed by atoms with van der Waals surface area (Å²) in [6.07, 6.45) is -2.41. The van der Waals surface area contributed by atoms with Gasteiger partial charge in [0.25, 0.3) is 0 Å². The highest BCUT2D eigenvalue weighted by Crippen LogP contribution is 2.32. The van der Waals surface area contributed by atoms with Gasteiger partial charge in [0.15, 0.2) is 5.96 Å². The van der Waals surface area contributed by atoms with Crippen molar-refractivity contribution in [2.24, 2.45) is 4.99 Å². The Labute approximate surface area is 167 Å². The smallest absolute Gasteiger partial charge is 0.352 e. The summed E-state index contributed by atoms with van der Waals surface area (Å²) in [5.74, 6) is -0.894. The van der Waals surface area contributed by atoms with Gasteiger partial charge in [-0.1, -0.05) is 6.07 Å². The summed E-state index contributed by atoms with van der Waals surface area (Å²) >= 11 is 0. The summed E-state index contributed by atoms with van der Waals surface area (Å²) in [7, 11) is 1.37. The molecule has 150 valence electrons. The summed E-state index contributed by atoms with van der Waals surface area (Å²) in [4.78, 5) is 7.57. The van der Waals surface area contributed by atoms with Crippen LogP contribution in [-0.4, -0.2) is 22.6 Å². The van der Waals surface area contributed by atoms with E-state index >= 15 is 0 Å². The lowest BCUT2D eigenvalue weighted by atomic mass is 10.1. The Morgan fingerprint density at radius 2 is 1.89 bits per heavy atom. The molecule has 0 aliphatic heterocycles. The van der Waals surface area contributed by atoms with Gasteiger partial charge in [0.1, 0.15) is 11.6 Å². The first-order valence-corrected chi connectivity index (χ1v) is 7.32. The van der Waals surface area contributed by atoms with E-state index in [-0.39, 0.29) is 54.4 Å². The molecule has 0 aliphatic carbocycles. The lowest BCUT2D eigenvalue weighted by Gasteiger charge is -2.16. The summed E-state index contributed by atoms with van der Waals surface area (Å²) in [5.41, 5.74) is -1.29. The second kappa shape index (κ2) is 9.80. The monoisotopic (exact) mass is 507 g/mol. The molecule has 1 heterocycles. The fraction of sp³-hybridized carbons (Fsp3) is 0.333. The van der Waals surface area contributed by atoms with E-state index in [0.717, 1.165) is 18.3 Å². The molecule has 12 heteroatoms. The number of rotatable bonds is 5. The summed E-state index contributed by atoms with van der Waals surface area (Å²) < 4.78 is 78.1. The van der Waals surface area contributed by atoms with Gasteiger partial charge in [-0.05, 0) is 17.7 Å². The van der Waals surface area contributed by atoms with Crippen LogP contribution in [0.4, 0.5) is 26.3 Å². The second-order valence-electron chi connectivity index (χ2n) is 5.11. The first-order chi connectivity index (χ1) is 12.2. The summed E-state index contributed by atoms with van der Waals surface area (Å²) in [5, 5.41) is 5.29. The predicted molar refractivity (Wildman–Crippen MR) is 97.3 cm³/mol. The minimum atomic E-state index is -4.71. The van der Waals surface area contributed by atoms with Crippen LogP contribution in [0.15, 0.2) is 35.6 Å². The average Bonchev–Trinajstić information content (AvgIpc) is 3.04. The molecule has 0 radical (unpaired) electrons. The molecule has 0 bridgehead atoms. The van der Waals surface area contributed by atoms with E-state index in [1.165, 1.54) is 13.2 Å². The molecule has 0 fully saturated rings. The van der Waals surface area contributed by atoms with Crippen molar-refractivity contribution in [3.05, 3.63) is 53.4 Å². The number of hydrogen-bond donors (Lipinski definition) is 2. The number of halogens is 7. The maximum atomic E-state index is 13.1. The van der Waals surface area contributed by atoms with E-state index in [2.05, 4.69) is 20.6 Å². The maximum absolute atomic E-state index is 13.1. The van der Waals surface area contributed by atoms with Gasteiger partial charge in [0, 0.05) is 26.0 Å². The summed E-state index contributed by atoms with van der Waals surface area (Å²) in [6, 6.07) is 2.34. The number of benzene rings is 1. The molecule has 2 N–H and O–H groups in total. The fourth-order valence-electron chi connectivity index (χ4n) is 2.19. The van der Waals surface area contributed by atoms with Crippen molar-refractivity contribution in [2.45, 2.75) is 25.8 Å². The quantitative estimate of drug-likeness (QED) is 0.280. The van der Waals surface area contributed by atoms with Crippen LogP contribution in [0.2, 0.25) is 0 Å². The van der Waals surface area contributed by atoms with Gasteiger partial charge in [0.05, 0.1) is 12.1 Å². The zero-order valence-corrected chi connectivity index (χ0v) is 16.2. The highest BCUT2D eigenvalue weighted by atomic mass is 127.